The van der Waals surface area contributed by atoms with Crippen molar-refractivity contribution < 1.29 is 0 Å². The van der Waals surface area contributed by atoms with Gasteiger partial charge in [0.25, 0.3) is 0 Å². The average Bonchev–Trinajstić information content (AvgIpc) is 2.27. The molecule has 0 saturated carbocycles. The van der Waals surface area contributed by atoms with Gasteiger partial charge in [-0.05, 0) is 48.4 Å². The van der Waals surface area contributed by atoms with Gasteiger partial charge in [-0.25, -0.2) is 0 Å². The Kier molecular flexibility index (Phi) is 3.78. The van der Waals surface area contributed by atoms with Crippen LogP contribution in [0.5, 0.6) is 0 Å². The van der Waals surface area contributed by atoms with Crippen LogP contribution < -0.4 is 10.6 Å². The minimum absolute atomic E-state index is 0.683. The highest BCUT2D eigenvalue weighted by Crippen LogP contribution is 2.21. The molecule has 0 saturated heterocycles. The second-order valence-corrected chi connectivity index (χ2v) is 5.02. The van der Waals surface area contributed by atoms with Gasteiger partial charge in [-0.1, -0.05) is 23.7 Å². The van der Waals surface area contributed by atoms with Crippen molar-refractivity contribution in [2.45, 2.75) is 13.5 Å². The van der Waals surface area contributed by atoms with Crippen LogP contribution in [0.25, 0.3) is 0 Å². The van der Waals surface area contributed by atoms with Crippen molar-refractivity contribution in [2.24, 2.45) is 0 Å². The van der Waals surface area contributed by atoms with E-state index in [4.69, 9.17) is 17.3 Å². The molecule has 0 aliphatic carbocycles. The lowest BCUT2D eigenvalue weighted by molar-refractivity contribution is 0.922. The van der Waals surface area contributed by atoms with E-state index in [1.807, 2.05) is 12.1 Å². The van der Waals surface area contributed by atoms with E-state index in [1.54, 1.807) is 6.07 Å². The summed E-state index contributed by atoms with van der Waals surface area (Å²) in [5.41, 5.74) is 10.1. The fourth-order valence-corrected chi connectivity index (χ4v) is 2.26. The maximum Gasteiger partial charge on any atom is 0.0429 e. The molecule has 2 aromatic rings. The van der Waals surface area contributed by atoms with Crippen molar-refractivity contribution in [3.63, 3.8) is 0 Å². The maximum atomic E-state index is 6.01. The molecule has 94 valence electrons. The molecule has 0 aromatic heterocycles. The van der Waals surface area contributed by atoms with Crippen LogP contribution in [-0.4, -0.2) is 7.05 Å². The Hall–Kier alpha value is -1.67. The van der Waals surface area contributed by atoms with Crippen LogP contribution in [0.1, 0.15) is 11.1 Å². The molecule has 0 heterocycles. The highest BCUT2D eigenvalue weighted by atomic mass is 35.5. The smallest absolute Gasteiger partial charge is 0.0429 e. The number of hydrogen-bond acceptors (Lipinski definition) is 2. The second kappa shape index (κ2) is 5.32. The number of nitrogen functional groups attached to an aromatic ring is 1. The first-order valence-electron chi connectivity index (χ1n) is 5.87. The molecule has 0 spiro atoms. The van der Waals surface area contributed by atoms with Gasteiger partial charge in [0.05, 0.1) is 0 Å². The van der Waals surface area contributed by atoms with Gasteiger partial charge in [-0.15, -0.1) is 0 Å². The molecule has 0 radical (unpaired) electrons. The van der Waals surface area contributed by atoms with Gasteiger partial charge in [-0.3, -0.25) is 0 Å². The van der Waals surface area contributed by atoms with Crippen LogP contribution in [0.2, 0.25) is 5.02 Å². The van der Waals surface area contributed by atoms with Crippen molar-refractivity contribution >= 4 is 23.0 Å². The molecule has 18 heavy (non-hydrogen) atoms. The van der Waals surface area contributed by atoms with Crippen molar-refractivity contribution in [1.29, 1.82) is 0 Å². The SMILES string of the molecule is Cc1cccc(N(C)Cc2cc(N)cc(Cl)c2)c1. The quantitative estimate of drug-likeness (QED) is 0.849. The summed E-state index contributed by atoms with van der Waals surface area (Å²) in [4.78, 5) is 2.18. The van der Waals surface area contributed by atoms with Gasteiger partial charge >= 0.3 is 0 Å². The van der Waals surface area contributed by atoms with E-state index < -0.39 is 0 Å². The molecule has 2 rings (SSSR count). The summed E-state index contributed by atoms with van der Waals surface area (Å²) in [5.74, 6) is 0. The zero-order chi connectivity index (χ0) is 13.1. The van der Waals surface area contributed by atoms with E-state index in [0.717, 1.165) is 12.1 Å². The minimum Gasteiger partial charge on any atom is -0.399 e. The lowest BCUT2D eigenvalue weighted by Gasteiger charge is -2.20. The molecular weight excluding hydrogens is 244 g/mol. The van der Waals surface area contributed by atoms with Crippen molar-refractivity contribution in [1.82, 2.24) is 0 Å². The highest BCUT2D eigenvalue weighted by molar-refractivity contribution is 6.30. The molecule has 2 nitrogen and oxygen atoms in total. The van der Waals surface area contributed by atoms with Crippen LogP contribution >= 0.6 is 11.6 Å². The summed E-state index contributed by atoms with van der Waals surface area (Å²) in [6.07, 6.45) is 0. The van der Waals surface area contributed by atoms with Gasteiger partial charge in [0.2, 0.25) is 0 Å². The normalized spacial score (nSPS) is 10.4. The third-order valence-electron chi connectivity index (χ3n) is 2.84. The summed E-state index contributed by atoms with van der Waals surface area (Å²) in [7, 11) is 2.06. The topological polar surface area (TPSA) is 29.3 Å². The molecule has 0 aliphatic rings. The van der Waals surface area contributed by atoms with E-state index in [1.165, 1.54) is 11.3 Å². The number of aryl methyl sites for hydroxylation is 1. The number of hydrogen-bond donors (Lipinski definition) is 1. The first-order chi connectivity index (χ1) is 8.54. The number of nitrogens with zero attached hydrogens (tertiary/aromatic N) is 1. The first kappa shape index (κ1) is 12.8. The first-order valence-corrected chi connectivity index (χ1v) is 6.25. The Labute approximate surface area is 113 Å². The van der Waals surface area contributed by atoms with Crippen LogP contribution in [0.3, 0.4) is 0 Å². The maximum absolute atomic E-state index is 6.01. The second-order valence-electron chi connectivity index (χ2n) is 4.59. The molecule has 0 unspecified atom stereocenters. The van der Waals surface area contributed by atoms with Gasteiger partial charge in [0.1, 0.15) is 0 Å². The van der Waals surface area contributed by atoms with Crippen molar-refractivity contribution in [3.8, 4) is 0 Å². The molecular formula is C15H17ClN2. The standard InChI is InChI=1S/C15H17ClN2/c1-11-4-3-5-15(6-11)18(2)10-12-7-13(16)9-14(17)8-12/h3-9H,10,17H2,1-2H3. The summed E-state index contributed by atoms with van der Waals surface area (Å²) < 4.78 is 0. The van der Waals surface area contributed by atoms with Gasteiger partial charge < -0.3 is 10.6 Å². The fraction of sp³-hybridized carbons (Fsp3) is 0.200. The summed E-state index contributed by atoms with van der Waals surface area (Å²) in [5, 5.41) is 0.683. The van der Waals surface area contributed by atoms with E-state index in [2.05, 4.69) is 43.1 Å². The van der Waals surface area contributed by atoms with Crippen molar-refractivity contribution in [2.75, 3.05) is 17.7 Å². The molecule has 0 aliphatic heterocycles. The zero-order valence-electron chi connectivity index (χ0n) is 10.7. The Bertz CT molecular complexity index is 532. The number of nitrogens with two attached hydrogens (primary N) is 1. The number of anilines is 2. The average molecular weight is 261 g/mol. The monoisotopic (exact) mass is 260 g/mol. The third-order valence-corrected chi connectivity index (χ3v) is 3.06. The molecule has 3 heteroatoms. The zero-order valence-corrected chi connectivity index (χ0v) is 11.4. The summed E-state index contributed by atoms with van der Waals surface area (Å²) in [6.45, 7) is 2.88. The largest absolute Gasteiger partial charge is 0.399 e. The van der Waals surface area contributed by atoms with E-state index in [-0.39, 0.29) is 0 Å². The lowest BCUT2D eigenvalue weighted by atomic mass is 10.1. The fourth-order valence-electron chi connectivity index (χ4n) is 2.00. The van der Waals surface area contributed by atoms with Crippen molar-refractivity contribution in [3.05, 3.63) is 58.6 Å². The van der Waals surface area contributed by atoms with E-state index in [0.29, 0.717) is 10.7 Å². The lowest BCUT2D eigenvalue weighted by Crippen LogP contribution is -2.16. The predicted molar refractivity (Wildman–Crippen MR) is 79.2 cm³/mol. The van der Waals surface area contributed by atoms with Crippen LogP contribution in [0, 0.1) is 6.92 Å². The van der Waals surface area contributed by atoms with E-state index >= 15 is 0 Å². The van der Waals surface area contributed by atoms with E-state index in [9.17, 15) is 0 Å². The highest BCUT2D eigenvalue weighted by Gasteiger charge is 2.04. The predicted octanol–water partition coefficient (Wildman–Crippen LogP) is 3.87. The molecule has 0 fully saturated rings. The third kappa shape index (κ3) is 3.17. The molecule has 0 amide bonds. The van der Waals surface area contributed by atoms with Crippen LogP contribution in [0.4, 0.5) is 11.4 Å². The number of rotatable bonds is 3. The Balaban J connectivity index is 2.18. The van der Waals surface area contributed by atoms with Crippen LogP contribution in [0.15, 0.2) is 42.5 Å². The number of benzene rings is 2. The summed E-state index contributed by atoms with van der Waals surface area (Å²) in [6, 6.07) is 14.1. The molecule has 0 atom stereocenters. The number of halogens is 1. The minimum atomic E-state index is 0.683. The van der Waals surface area contributed by atoms with Gasteiger partial charge in [0.15, 0.2) is 0 Å². The molecule has 0 bridgehead atoms. The molecule has 2 N–H and O–H groups in total. The Morgan fingerprint density at radius 2 is 1.94 bits per heavy atom. The summed E-state index contributed by atoms with van der Waals surface area (Å²) >= 11 is 6.01. The Morgan fingerprint density at radius 1 is 1.17 bits per heavy atom. The molecule has 2 aromatic carbocycles. The van der Waals surface area contributed by atoms with Gasteiger partial charge in [-0.2, -0.15) is 0 Å². The van der Waals surface area contributed by atoms with Gasteiger partial charge in [0, 0.05) is 30.0 Å². The van der Waals surface area contributed by atoms with Crippen LogP contribution in [-0.2, 0) is 6.54 Å². The Morgan fingerprint density at radius 3 is 2.61 bits per heavy atom.